The Balaban J connectivity index is 2.17. The van der Waals surface area contributed by atoms with E-state index in [1.807, 2.05) is 18.2 Å². The minimum absolute atomic E-state index is 0.610. The topological polar surface area (TPSA) is 32.5 Å². The van der Waals surface area contributed by atoms with Gasteiger partial charge in [0.2, 0.25) is 0 Å². The molecule has 3 nitrogen and oxygen atoms in total. The smallest absolute Gasteiger partial charge is 0.0615 e. The quantitative estimate of drug-likeness (QED) is 0.802. The lowest BCUT2D eigenvalue weighted by atomic mass is 10.2. The number of rotatable bonds is 2. The number of anilines is 2. The van der Waals surface area contributed by atoms with Crippen LogP contribution in [-0.4, -0.2) is 38.1 Å². The standard InChI is InChI=1S/C12H18ClN3/c1-15(2)10-5-6-16(8-10)12-7-9(13)3-4-11(12)14/h3-4,7,10H,5-6,8,14H2,1-2H3. The zero-order valence-corrected chi connectivity index (χ0v) is 10.5. The van der Waals surface area contributed by atoms with E-state index in [2.05, 4.69) is 23.9 Å². The Morgan fingerprint density at radius 3 is 2.81 bits per heavy atom. The molecule has 1 aliphatic rings. The van der Waals surface area contributed by atoms with Gasteiger partial charge in [0.25, 0.3) is 0 Å². The molecule has 1 heterocycles. The van der Waals surface area contributed by atoms with E-state index in [4.69, 9.17) is 17.3 Å². The third kappa shape index (κ3) is 2.25. The van der Waals surface area contributed by atoms with Crippen molar-refractivity contribution in [2.24, 2.45) is 0 Å². The highest BCUT2D eigenvalue weighted by Gasteiger charge is 2.25. The predicted octanol–water partition coefficient (Wildman–Crippen LogP) is 2.06. The summed E-state index contributed by atoms with van der Waals surface area (Å²) in [6, 6.07) is 6.27. The van der Waals surface area contributed by atoms with E-state index in [-0.39, 0.29) is 0 Å². The number of nitrogen functional groups attached to an aromatic ring is 1. The van der Waals surface area contributed by atoms with Crippen LogP contribution in [0.25, 0.3) is 0 Å². The van der Waals surface area contributed by atoms with Gasteiger partial charge in [0, 0.05) is 24.2 Å². The molecular weight excluding hydrogens is 222 g/mol. The second kappa shape index (κ2) is 4.52. The zero-order valence-electron chi connectivity index (χ0n) is 9.78. The van der Waals surface area contributed by atoms with E-state index >= 15 is 0 Å². The van der Waals surface area contributed by atoms with Gasteiger partial charge in [-0.15, -0.1) is 0 Å². The lowest BCUT2D eigenvalue weighted by molar-refractivity contribution is 0.315. The molecule has 88 valence electrons. The lowest BCUT2D eigenvalue weighted by Crippen LogP contribution is -2.31. The molecule has 0 aromatic heterocycles. The molecule has 16 heavy (non-hydrogen) atoms. The number of likely N-dealkylation sites (N-methyl/N-ethyl adjacent to an activating group) is 1. The number of benzene rings is 1. The molecule has 4 heteroatoms. The molecule has 1 saturated heterocycles. The van der Waals surface area contributed by atoms with Gasteiger partial charge in [0.05, 0.1) is 11.4 Å². The molecule has 0 radical (unpaired) electrons. The number of halogens is 1. The maximum absolute atomic E-state index is 6.00. The zero-order chi connectivity index (χ0) is 11.7. The van der Waals surface area contributed by atoms with Gasteiger partial charge in [0.1, 0.15) is 0 Å². The largest absolute Gasteiger partial charge is 0.397 e. The Labute approximate surface area is 102 Å². The Hall–Kier alpha value is -0.930. The third-order valence-corrected chi connectivity index (χ3v) is 3.46. The van der Waals surface area contributed by atoms with Crippen molar-refractivity contribution in [1.29, 1.82) is 0 Å². The van der Waals surface area contributed by atoms with Crippen molar-refractivity contribution in [3.05, 3.63) is 23.2 Å². The number of hydrogen-bond donors (Lipinski definition) is 1. The van der Waals surface area contributed by atoms with Crippen LogP contribution < -0.4 is 10.6 Å². The Morgan fingerprint density at radius 1 is 1.44 bits per heavy atom. The van der Waals surface area contributed by atoms with Crippen LogP contribution in [0.15, 0.2) is 18.2 Å². The van der Waals surface area contributed by atoms with Gasteiger partial charge in [-0.25, -0.2) is 0 Å². The summed E-state index contributed by atoms with van der Waals surface area (Å²) in [6.07, 6.45) is 1.18. The fraction of sp³-hybridized carbons (Fsp3) is 0.500. The first-order valence-corrected chi connectivity index (χ1v) is 5.92. The summed E-state index contributed by atoms with van der Waals surface area (Å²) in [5.74, 6) is 0. The summed E-state index contributed by atoms with van der Waals surface area (Å²) in [5.41, 5.74) is 7.85. The second-order valence-electron chi connectivity index (χ2n) is 4.56. The van der Waals surface area contributed by atoms with Crippen molar-refractivity contribution in [3.8, 4) is 0 Å². The van der Waals surface area contributed by atoms with Crippen LogP contribution in [0.4, 0.5) is 11.4 Å². The molecule has 1 fully saturated rings. The molecule has 1 atom stereocenters. The molecule has 0 bridgehead atoms. The van der Waals surface area contributed by atoms with Gasteiger partial charge in [-0.2, -0.15) is 0 Å². The van der Waals surface area contributed by atoms with E-state index in [0.29, 0.717) is 6.04 Å². The van der Waals surface area contributed by atoms with Gasteiger partial charge in [0.15, 0.2) is 0 Å². The van der Waals surface area contributed by atoms with Crippen molar-refractivity contribution >= 4 is 23.0 Å². The summed E-state index contributed by atoms with van der Waals surface area (Å²) in [4.78, 5) is 4.58. The number of nitrogens with two attached hydrogens (primary N) is 1. The summed E-state index contributed by atoms with van der Waals surface area (Å²) >= 11 is 6.00. The molecule has 1 aliphatic heterocycles. The van der Waals surface area contributed by atoms with Crippen molar-refractivity contribution < 1.29 is 0 Å². The van der Waals surface area contributed by atoms with Crippen LogP contribution in [0.1, 0.15) is 6.42 Å². The monoisotopic (exact) mass is 239 g/mol. The van der Waals surface area contributed by atoms with Gasteiger partial charge in [-0.3, -0.25) is 0 Å². The molecule has 1 aromatic carbocycles. The highest BCUT2D eigenvalue weighted by molar-refractivity contribution is 6.31. The molecule has 2 rings (SSSR count). The van der Waals surface area contributed by atoms with Crippen LogP contribution in [0.2, 0.25) is 5.02 Å². The van der Waals surface area contributed by atoms with Crippen molar-refractivity contribution in [2.75, 3.05) is 37.8 Å². The first kappa shape index (κ1) is 11.6. The van der Waals surface area contributed by atoms with Crippen molar-refractivity contribution in [3.63, 3.8) is 0 Å². The first-order valence-electron chi connectivity index (χ1n) is 5.54. The molecule has 0 spiro atoms. The summed E-state index contributed by atoms with van der Waals surface area (Å²) < 4.78 is 0. The van der Waals surface area contributed by atoms with E-state index < -0.39 is 0 Å². The van der Waals surface area contributed by atoms with Crippen LogP contribution in [0.5, 0.6) is 0 Å². The van der Waals surface area contributed by atoms with E-state index in [9.17, 15) is 0 Å². The van der Waals surface area contributed by atoms with E-state index in [0.717, 1.165) is 29.5 Å². The van der Waals surface area contributed by atoms with Crippen molar-refractivity contribution in [1.82, 2.24) is 4.90 Å². The highest BCUT2D eigenvalue weighted by atomic mass is 35.5. The van der Waals surface area contributed by atoms with Gasteiger partial charge < -0.3 is 15.5 Å². The van der Waals surface area contributed by atoms with Crippen molar-refractivity contribution in [2.45, 2.75) is 12.5 Å². The van der Waals surface area contributed by atoms with E-state index in [1.165, 1.54) is 6.42 Å². The Kier molecular flexibility index (Phi) is 3.26. The molecule has 0 saturated carbocycles. The third-order valence-electron chi connectivity index (χ3n) is 3.23. The normalized spacial score (nSPS) is 20.8. The second-order valence-corrected chi connectivity index (χ2v) is 4.99. The van der Waals surface area contributed by atoms with Crippen LogP contribution >= 0.6 is 11.6 Å². The van der Waals surface area contributed by atoms with Gasteiger partial charge >= 0.3 is 0 Å². The molecular formula is C12H18ClN3. The molecule has 0 amide bonds. The highest BCUT2D eigenvalue weighted by Crippen LogP contribution is 2.30. The number of nitrogens with zero attached hydrogens (tertiary/aromatic N) is 2. The van der Waals surface area contributed by atoms with Crippen LogP contribution in [-0.2, 0) is 0 Å². The maximum atomic E-state index is 6.00. The minimum atomic E-state index is 0.610. The molecule has 1 unspecified atom stereocenters. The Bertz CT molecular complexity index is 379. The van der Waals surface area contributed by atoms with E-state index in [1.54, 1.807) is 0 Å². The molecule has 2 N–H and O–H groups in total. The minimum Gasteiger partial charge on any atom is -0.397 e. The van der Waals surface area contributed by atoms with Crippen LogP contribution in [0.3, 0.4) is 0 Å². The summed E-state index contributed by atoms with van der Waals surface area (Å²) in [6.45, 7) is 2.07. The van der Waals surface area contributed by atoms with Gasteiger partial charge in [-0.1, -0.05) is 11.6 Å². The maximum Gasteiger partial charge on any atom is 0.0615 e. The van der Waals surface area contributed by atoms with Gasteiger partial charge in [-0.05, 0) is 38.7 Å². The average molecular weight is 240 g/mol. The molecule has 0 aliphatic carbocycles. The fourth-order valence-electron chi connectivity index (χ4n) is 2.17. The Morgan fingerprint density at radius 2 is 2.19 bits per heavy atom. The molecule has 1 aromatic rings. The summed E-state index contributed by atoms with van der Waals surface area (Å²) in [5, 5.41) is 0.748. The summed E-state index contributed by atoms with van der Waals surface area (Å²) in [7, 11) is 4.24. The predicted molar refractivity (Wildman–Crippen MR) is 70.2 cm³/mol. The number of hydrogen-bond acceptors (Lipinski definition) is 3. The van der Waals surface area contributed by atoms with Crippen LogP contribution in [0, 0.1) is 0 Å². The fourth-order valence-corrected chi connectivity index (χ4v) is 2.34. The average Bonchev–Trinajstić information content (AvgIpc) is 2.70. The lowest BCUT2D eigenvalue weighted by Gasteiger charge is -2.23. The SMILES string of the molecule is CN(C)C1CCN(c2cc(Cl)ccc2N)C1. The first-order chi connectivity index (χ1) is 7.58.